The molecule has 0 aliphatic rings. The number of anilines is 1. The lowest BCUT2D eigenvalue weighted by atomic mass is 10.1. The first kappa shape index (κ1) is 15.5. The lowest BCUT2D eigenvalue weighted by Crippen LogP contribution is -2.24. The third kappa shape index (κ3) is 4.89. The summed E-state index contributed by atoms with van der Waals surface area (Å²) in [6.07, 6.45) is 3.34. The molecule has 4 heteroatoms. The standard InChI is InChI=1S/C15H25N3O/c1-5-6-7-8-17-15(19)12-9-13(11(2)3)18-14(10-12)16-4/h9-11H,5-8H2,1-4H3,(H,16,18)(H,17,19). The SMILES string of the molecule is CCCCCNC(=O)c1cc(NC)nc(C(C)C)c1. The van der Waals surface area contributed by atoms with Crippen LogP contribution in [0, 0.1) is 0 Å². The molecule has 0 bridgehead atoms. The van der Waals surface area contributed by atoms with Gasteiger partial charge in [0.1, 0.15) is 5.82 Å². The number of aromatic nitrogens is 1. The van der Waals surface area contributed by atoms with Gasteiger partial charge in [0.25, 0.3) is 5.91 Å². The van der Waals surface area contributed by atoms with Crippen LogP contribution in [0.3, 0.4) is 0 Å². The molecule has 1 rings (SSSR count). The molecular formula is C15H25N3O. The minimum Gasteiger partial charge on any atom is -0.373 e. The number of unbranched alkanes of at least 4 members (excludes halogenated alkanes) is 2. The molecule has 1 amide bonds. The van der Waals surface area contributed by atoms with E-state index in [0.717, 1.165) is 37.3 Å². The van der Waals surface area contributed by atoms with Crippen LogP contribution in [-0.2, 0) is 0 Å². The summed E-state index contributed by atoms with van der Waals surface area (Å²) in [6, 6.07) is 3.67. The second-order valence-electron chi connectivity index (χ2n) is 5.03. The fraction of sp³-hybridized carbons (Fsp3) is 0.600. The molecule has 0 unspecified atom stereocenters. The van der Waals surface area contributed by atoms with Gasteiger partial charge in [-0.25, -0.2) is 4.98 Å². The zero-order valence-corrected chi connectivity index (χ0v) is 12.4. The van der Waals surface area contributed by atoms with Crippen molar-refractivity contribution in [1.29, 1.82) is 0 Å². The Morgan fingerprint density at radius 1 is 1.32 bits per heavy atom. The number of carbonyl (C=O) groups is 1. The number of hydrogen-bond donors (Lipinski definition) is 2. The summed E-state index contributed by atoms with van der Waals surface area (Å²) in [5.74, 6) is 1.03. The molecule has 0 spiro atoms. The van der Waals surface area contributed by atoms with Crippen molar-refractivity contribution < 1.29 is 4.79 Å². The molecular weight excluding hydrogens is 238 g/mol. The highest BCUT2D eigenvalue weighted by atomic mass is 16.1. The van der Waals surface area contributed by atoms with Crippen molar-refractivity contribution in [3.8, 4) is 0 Å². The molecule has 0 radical (unpaired) electrons. The number of rotatable bonds is 7. The Morgan fingerprint density at radius 2 is 2.05 bits per heavy atom. The Balaban J connectivity index is 2.75. The average Bonchev–Trinajstić information content (AvgIpc) is 2.42. The maximum atomic E-state index is 12.1. The number of carbonyl (C=O) groups excluding carboxylic acids is 1. The highest BCUT2D eigenvalue weighted by molar-refractivity contribution is 5.95. The lowest BCUT2D eigenvalue weighted by Gasteiger charge is -2.11. The van der Waals surface area contributed by atoms with Gasteiger partial charge < -0.3 is 10.6 Å². The van der Waals surface area contributed by atoms with Gasteiger partial charge in [-0.1, -0.05) is 33.6 Å². The third-order valence-corrected chi connectivity index (χ3v) is 3.02. The molecule has 19 heavy (non-hydrogen) atoms. The smallest absolute Gasteiger partial charge is 0.251 e. The number of nitrogens with one attached hydrogen (secondary N) is 2. The number of pyridine rings is 1. The molecule has 2 N–H and O–H groups in total. The fourth-order valence-electron chi connectivity index (χ4n) is 1.79. The van der Waals surface area contributed by atoms with Crippen LogP contribution in [0.5, 0.6) is 0 Å². The molecule has 0 aliphatic heterocycles. The molecule has 1 aromatic rings. The molecule has 0 saturated heterocycles. The highest BCUT2D eigenvalue weighted by Crippen LogP contribution is 2.17. The van der Waals surface area contributed by atoms with Crippen molar-refractivity contribution >= 4 is 11.7 Å². The first-order chi connectivity index (χ1) is 9.08. The monoisotopic (exact) mass is 263 g/mol. The summed E-state index contributed by atoms with van der Waals surface area (Å²) in [6.45, 7) is 7.04. The molecule has 0 saturated carbocycles. The molecule has 0 aromatic carbocycles. The molecule has 0 atom stereocenters. The van der Waals surface area contributed by atoms with Gasteiger partial charge in [0.15, 0.2) is 0 Å². The molecule has 106 valence electrons. The van der Waals surface area contributed by atoms with Crippen LogP contribution in [0.15, 0.2) is 12.1 Å². The second-order valence-corrected chi connectivity index (χ2v) is 5.03. The van der Waals surface area contributed by atoms with Crippen LogP contribution in [0.2, 0.25) is 0 Å². The second kappa shape index (κ2) is 7.77. The summed E-state index contributed by atoms with van der Waals surface area (Å²) in [5, 5.41) is 5.96. The molecule has 0 fully saturated rings. The van der Waals surface area contributed by atoms with Crippen molar-refractivity contribution in [3.63, 3.8) is 0 Å². The van der Waals surface area contributed by atoms with Gasteiger partial charge in [0.05, 0.1) is 0 Å². The van der Waals surface area contributed by atoms with Crippen molar-refractivity contribution in [2.45, 2.75) is 46.0 Å². The zero-order valence-electron chi connectivity index (χ0n) is 12.4. The maximum Gasteiger partial charge on any atom is 0.251 e. The van der Waals surface area contributed by atoms with E-state index in [1.54, 1.807) is 6.07 Å². The Bertz CT molecular complexity index is 416. The fourth-order valence-corrected chi connectivity index (χ4v) is 1.79. The van der Waals surface area contributed by atoms with Crippen molar-refractivity contribution in [2.24, 2.45) is 0 Å². The minimum atomic E-state index is -0.0168. The topological polar surface area (TPSA) is 54.0 Å². The van der Waals surface area contributed by atoms with Gasteiger partial charge in [0, 0.05) is 24.8 Å². The van der Waals surface area contributed by atoms with Gasteiger partial charge in [-0.3, -0.25) is 4.79 Å². The average molecular weight is 263 g/mol. The van der Waals surface area contributed by atoms with E-state index < -0.39 is 0 Å². The maximum absolute atomic E-state index is 12.1. The Hall–Kier alpha value is -1.58. The highest BCUT2D eigenvalue weighted by Gasteiger charge is 2.11. The van der Waals surface area contributed by atoms with Gasteiger partial charge in [0.2, 0.25) is 0 Å². The van der Waals surface area contributed by atoms with E-state index in [9.17, 15) is 4.79 Å². The quantitative estimate of drug-likeness (QED) is 0.743. The van der Waals surface area contributed by atoms with Crippen molar-refractivity contribution in [3.05, 3.63) is 23.4 Å². The number of nitrogens with zero attached hydrogens (tertiary/aromatic N) is 1. The predicted octanol–water partition coefficient (Wildman–Crippen LogP) is 3.17. The van der Waals surface area contributed by atoms with Gasteiger partial charge in [-0.15, -0.1) is 0 Å². The van der Waals surface area contributed by atoms with E-state index in [0.29, 0.717) is 11.5 Å². The van der Waals surface area contributed by atoms with E-state index in [2.05, 4.69) is 36.4 Å². The summed E-state index contributed by atoms with van der Waals surface area (Å²) in [4.78, 5) is 16.5. The Morgan fingerprint density at radius 3 is 2.63 bits per heavy atom. The van der Waals surface area contributed by atoms with E-state index in [4.69, 9.17) is 0 Å². The van der Waals surface area contributed by atoms with Gasteiger partial charge >= 0.3 is 0 Å². The van der Waals surface area contributed by atoms with Crippen LogP contribution in [-0.4, -0.2) is 24.5 Å². The summed E-state index contributed by atoms with van der Waals surface area (Å²) in [5.41, 5.74) is 1.62. The predicted molar refractivity (Wildman–Crippen MR) is 79.7 cm³/mol. The van der Waals surface area contributed by atoms with Gasteiger partial charge in [-0.05, 0) is 24.5 Å². The first-order valence-electron chi connectivity index (χ1n) is 7.06. The lowest BCUT2D eigenvalue weighted by molar-refractivity contribution is 0.0953. The van der Waals surface area contributed by atoms with Crippen LogP contribution in [0.1, 0.15) is 62.0 Å². The normalized spacial score (nSPS) is 10.6. The molecule has 4 nitrogen and oxygen atoms in total. The number of amides is 1. The first-order valence-corrected chi connectivity index (χ1v) is 7.06. The summed E-state index contributed by atoms with van der Waals surface area (Å²) in [7, 11) is 1.81. The van der Waals surface area contributed by atoms with E-state index >= 15 is 0 Å². The molecule has 1 heterocycles. The van der Waals surface area contributed by atoms with Gasteiger partial charge in [-0.2, -0.15) is 0 Å². The van der Waals surface area contributed by atoms with Crippen LogP contribution < -0.4 is 10.6 Å². The van der Waals surface area contributed by atoms with Crippen molar-refractivity contribution in [2.75, 3.05) is 18.9 Å². The third-order valence-electron chi connectivity index (χ3n) is 3.02. The Labute approximate surface area is 116 Å². The van der Waals surface area contributed by atoms with Crippen LogP contribution >= 0.6 is 0 Å². The van der Waals surface area contributed by atoms with E-state index in [-0.39, 0.29) is 5.91 Å². The summed E-state index contributed by atoms with van der Waals surface area (Å²) >= 11 is 0. The van der Waals surface area contributed by atoms with E-state index in [1.807, 2.05) is 13.1 Å². The number of hydrogen-bond acceptors (Lipinski definition) is 3. The van der Waals surface area contributed by atoms with Crippen molar-refractivity contribution in [1.82, 2.24) is 10.3 Å². The Kier molecular flexibility index (Phi) is 6.33. The minimum absolute atomic E-state index is 0.0168. The zero-order chi connectivity index (χ0) is 14.3. The van der Waals surface area contributed by atoms with Crippen LogP contribution in [0.4, 0.5) is 5.82 Å². The van der Waals surface area contributed by atoms with Crippen LogP contribution in [0.25, 0.3) is 0 Å². The molecule has 0 aliphatic carbocycles. The van der Waals surface area contributed by atoms with E-state index in [1.165, 1.54) is 0 Å². The summed E-state index contributed by atoms with van der Waals surface area (Å²) < 4.78 is 0. The largest absolute Gasteiger partial charge is 0.373 e. The molecule has 1 aromatic heterocycles.